The zero-order chi connectivity index (χ0) is 20.3. The van der Waals surface area contributed by atoms with Crippen molar-refractivity contribution in [3.8, 4) is 11.1 Å². The van der Waals surface area contributed by atoms with Gasteiger partial charge in [0, 0.05) is 10.9 Å². The van der Waals surface area contributed by atoms with Gasteiger partial charge < -0.3 is 19.6 Å². The van der Waals surface area contributed by atoms with Gasteiger partial charge in [-0.3, -0.25) is 4.79 Å². The Bertz CT molecular complexity index is 1090. The summed E-state index contributed by atoms with van der Waals surface area (Å²) in [5, 5.41) is 14.6. The van der Waals surface area contributed by atoms with Crippen molar-refractivity contribution < 1.29 is 19.1 Å². The lowest BCUT2D eigenvalue weighted by Gasteiger charge is -2.25. The van der Waals surface area contributed by atoms with Gasteiger partial charge >= 0.3 is 5.63 Å². The minimum atomic E-state index is -1.32. The summed E-state index contributed by atoms with van der Waals surface area (Å²) >= 11 is 0. The van der Waals surface area contributed by atoms with Crippen LogP contribution in [0, 0.1) is 5.92 Å². The van der Waals surface area contributed by atoms with Gasteiger partial charge in [0.05, 0.1) is 17.6 Å². The lowest BCUT2D eigenvalue weighted by molar-refractivity contribution is -0.309. The van der Waals surface area contributed by atoms with Crippen LogP contribution in [0.1, 0.15) is 30.6 Å². The monoisotopic (exact) mass is 378 g/mol. The van der Waals surface area contributed by atoms with Crippen LogP contribution in [0.25, 0.3) is 22.1 Å². The van der Waals surface area contributed by atoms with E-state index in [1.54, 1.807) is 49.4 Å². The van der Waals surface area contributed by atoms with E-state index in [9.17, 15) is 19.5 Å². The van der Waals surface area contributed by atoms with Crippen LogP contribution < -0.4 is 16.0 Å². The molecule has 2 aromatic carbocycles. The first-order chi connectivity index (χ1) is 13.4. The van der Waals surface area contributed by atoms with Crippen molar-refractivity contribution in [2.45, 2.75) is 26.3 Å². The molecule has 0 unspecified atom stereocenters. The Kier molecular flexibility index (Phi) is 5.59. The zero-order valence-electron chi connectivity index (χ0n) is 15.6. The summed E-state index contributed by atoms with van der Waals surface area (Å²) in [6.45, 7) is 3.57. The molecule has 1 amide bonds. The van der Waals surface area contributed by atoms with Crippen molar-refractivity contribution in [1.29, 1.82) is 0 Å². The Morgan fingerprint density at radius 1 is 1.11 bits per heavy atom. The molecule has 3 aromatic rings. The standard InChI is InChI=1S/C22H21NO5/c1-3-13(2)19(21(25)26)23-20(24)16-9-6-8-14(11-16)17-12-15-7-4-5-10-18(15)28-22(17)27/h4-13,19H,3H2,1-2H3,(H,23,24)(H,25,26)/p-1/t13-,19+/m1/s1. The normalized spacial score (nSPS) is 13.1. The molecule has 0 aliphatic heterocycles. The van der Waals surface area contributed by atoms with Crippen LogP contribution in [0.15, 0.2) is 63.8 Å². The number of hydrogen-bond acceptors (Lipinski definition) is 5. The molecule has 6 nitrogen and oxygen atoms in total. The Labute approximate surface area is 161 Å². The number of aliphatic carboxylic acids is 1. The number of para-hydroxylation sites is 1. The number of amides is 1. The molecular weight excluding hydrogens is 358 g/mol. The summed E-state index contributed by atoms with van der Waals surface area (Å²) in [7, 11) is 0. The lowest BCUT2D eigenvalue weighted by Crippen LogP contribution is -2.51. The molecular formula is C22H20NO5-. The highest BCUT2D eigenvalue weighted by Gasteiger charge is 2.20. The predicted molar refractivity (Wildman–Crippen MR) is 104 cm³/mol. The minimum absolute atomic E-state index is 0.250. The van der Waals surface area contributed by atoms with Gasteiger partial charge in [0.25, 0.3) is 5.91 Å². The third kappa shape index (κ3) is 3.96. The molecule has 0 aliphatic rings. The summed E-state index contributed by atoms with van der Waals surface area (Å²) in [6, 6.07) is 14.2. The van der Waals surface area contributed by atoms with Crippen molar-refractivity contribution in [2.75, 3.05) is 0 Å². The maximum absolute atomic E-state index is 12.6. The van der Waals surface area contributed by atoms with Gasteiger partial charge in [-0.05, 0) is 35.7 Å². The molecule has 0 aliphatic carbocycles. The Morgan fingerprint density at radius 2 is 1.86 bits per heavy atom. The highest BCUT2D eigenvalue weighted by atomic mass is 16.4. The molecule has 0 radical (unpaired) electrons. The molecule has 3 rings (SSSR count). The summed E-state index contributed by atoms with van der Waals surface area (Å²) in [4.78, 5) is 36.3. The van der Waals surface area contributed by atoms with Crippen molar-refractivity contribution in [1.82, 2.24) is 5.32 Å². The molecule has 1 aromatic heterocycles. The third-order valence-electron chi connectivity index (χ3n) is 4.83. The van der Waals surface area contributed by atoms with E-state index in [1.165, 1.54) is 0 Å². The van der Waals surface area contributed by atoms with Gasteiger partial charge in [0.2, 0.25) is 0 Å². The lowest BCUT2D eigenvalue weighted by atomic mass is 9.98. The van der Waals surface area contributed by atoms with Crippen LogP contribution in [-0.4, -0.2) is 17.9 Å². The van der Waals surface area contributed by atoms with E-state index in [4.69, 9.17) is 4.42 Å². The fourth-order valence-corrected chi connectivity index (χ4v) is 2.98. The van der Waals surface area contributed by atoms with E-state index in [2.05, 4.69) is 5.32 Å². The van der Waals surface area contributed by atoms with Crippen LogP contribution in [0.4, 0.5) is 0 Å². The van der Waals surface area contributed by atoms with Crippen LogP contribution in [0.5, 0.6) is 0 Å². The first kappa shape index (κ1) is 19.4. The number of carbonyl (C=O) groups excluding carboxylic acids is 2. The van der Waals surface area contributed by atoms with Gasteiger partial charge in [0.15, 0.2) is 0 Å². The molecule has 144 valence electrons. The molecule has 0 fully saturated rings. The largest absolute Gasteiger partial charge is 0.548 e. The molecule has 28 heavy (non-hydrogen) atoms. The minimum Gasteiger partial charge on any atom is -0.548 e. The zero-order valence-corrected chi connectivity index (χ0v) is 15.6. The van der Waals surface area contributed by atoms with Crippen molar-refractivity contribution in [3.63, 3.8) is 0 Å². The number of carboxylic acids is 1. The second-order valence-corrected chi connectivity index (χ2v) is 6.72. The van der Waals surface area contributed by atoms with Gasteiger partial charge in [-0.1, -0.05) is 50.6 Å². The Morgan fingerprint density at radius 3 is 2.57 bits per heavy atom. The number of benzene rings is 2. The van der Waals surface area contributed by atoms with E-state index < -0.39 is 23.5 Å². The molecule has 0 saturated heterocycles. The van der Waals surface area contributed by atoms with E-state index in [1.807, 2.05) is 19.1 Å². The van der Waals surface area contributed by atoms with Gasteiger partial charge in [-0.25, -0.2) is 4.79 Å². The number of hydrogen-bond donors (Lipinski definition) is 1. The summed E-state index contributed by atoms with van der Waals surface area (Å²) in [6.07, 6.45) is 0.580. The third-order valence-corrected chi connectivity index (χ3v) is 4.83. The van der Waals surface area contributed by atoms with Crippen LogP contribution in [-0.2, 0) is 4.79 Å². The Balaban J connectivity index is 1.94. The molecule has 0 bridgehead atoms. The van der Waals surface area contributed by atoms with E-state index >= 15 is 0 Å². The smallest absolute Gasteiger partial charge is 0.344 e. The fourth-order valence-electron chi connectivity index (χ4n) is 2.98. The molecule has 6 heteroatoms. The SMILES string of the molecule is CC[C@@H](C)[C@H](NC(=O)c1cccc(-c2cc3ccccc3oc2=O)c1)C(=O)[O-]. The van der Waals surface area contributed by atoms with Crippen molar-refractivity contribution >= 4 is 22.8 Å². The second-order valence-electron chi connectivity index (χ2n) is 6.72. The number of nitrogens with one attached hydrogen (secondary N) is 1. The van der Waals surface area contributed by atoms with Gasteiger partial charge in [-0.2, -0.15) is 0 Å². The number of carboxylic acid groups (broad SMARTS) is 1. The van der Waals surface area contributed by atoms with E-state index in [-0.39, 0.29) is 11.5 Å². The topological polar surface area (TPSA) is 99.4 Å². The molecule has 1 heterocycles. The summed E-state index contributed by atoms with van der Waals surface area (Å²) < 4.78 is 5.35. The molecule has 1 N–H and O–H groups in total. The van der Waals surface area contributed by atoms with Crippen molar-refractivity contribution in [2.24, 2.45) is 5.92 Å². The molecule has 0 saturated carbocycles. The summed E-state index contributed by atoms with van der Waals surface area (Å²) in [5.41, 5.74) is 1.06. The van der Waals surface area contributed by atoms with Crippen molar-refractivity contribution in [3.05, 3.63) is 70.6 Å². The predicted octanol–water partition coefficient (Wildman–Crippen LogP) is 2.35. The maximum Gasteiger partial charge on any atom is 0.344 e. The highest BCUT2D eigenvalue weighted by molar-refractivity contribution is 5.97. The average Bonchev–Trinajstić information content (AvgIpc) is 2.70. The van der Waals surface area contributed by atoms with Crippen LogP contribution >= 0.6 is 0 Å². The average molecular weight is 378 g/mol. The number of carbonyl (C=O) groups is 2. The summed E-state index contributed by atoms with van der Waals surface area (Å²) in [5.74, 6) is -2.14. The molecule has 0 spiro atoms. The Hall–Kier alpha value is -3.41. The van der Waals surface area contributed by atoms with E-state index in [0.29, 0.717) is 23.1 Å². The maximum atomic E-state index is 12.6. The second kappa shape index (κ2) is 8.08. The van der Waals surface area contributed by atoms with Gasteiger partial charge in [-0.15, -0.1) is 0 Å². The number of rotatable bonds is 6. The first-order valence-corrected chi connectivity index (χ1v) is 9.05. The molecule has 2 atom stereocenters. The first-order valence-electron chi connectivity index (χ1n) is 9.05. The van der Waals surface area contributed by atoms with Crippen LogP contribution in [0.3, 0.4) is 0 Å². The highest BCUT2D eigenvalue weighted by Crippen LogP contribution is 2.22. The number of fused-ring (bicyclic) bond motifs is 1. The van der Waals surface area contributed by atoms with Gasteiger partial charge in [0.1, 0.15) is 5.58 Å². The quantitative estimate of drug-likeness (QED) is 0.664. The van der Waals surface area contributed by atoms with Crippen LogP contribution in [0.2, 0.25) is 0 Å². The van der Waals surface area contributed by atoms with E-state index in [0.717, 1.165) is 5.39 Å². The fraction of sp³-hybridized carbons (Fsp3) is 0.227.